The summed E-state index contributed by atoms with van der Waals surface area (Å²) in [7, 11) is 0. The van der Waals surface area contributed by atoms with Crippen LogP contribution >= 0.6 is 15.9 Å². The van der Waals surface area contributed by atoms with E-state index in [1.54, 1.807) is 0 Å². The lowest BCUT2D eigenvalue weighted by atomic mass is 10.0. The van der Waals surface area contributed by atoms with Crippen molar-refractivity contribution in [3.8, 4) is 0 Å². The highest BCUT2D eigenvalue weighted by Crippen LogP contribution is 2.39. The Kier molecular flexibility index (Phi) is 4.15. The van der Waals surface area contributed by atoms with Crippen LogP contribution in [0.4, 0.5) is 18.9 Å². The fraction of sp³-hybridized carbons (Fsp3) is 0.222. The van der Waals surface area contributed by atoms with Gasteiger partial charge < -0.3 is 10.2 Å². The van der Waals surface area contributed by atoms with Crippen LogP contribution in [0.15, 0.2) is 16.6 Å². The Hall–Kier alpha value is -1.68. The maximum absolute atomic E-state index is 12.5. The average Bonchev–Trinajstić information content (AvgIpc) is 2.25. The molecular formula is C9H5BrF3NO5. The molecule has 0 bridgehead atoms. The first-order valence-electron chi connectivity index (χ1n) is 4.51. The third kappa shape index (κ3) is 3.20. The summed E-state index contributed by atoms with van der Waals surface area (Å²) in [5, 5.41) is 28.6. The minimum atomic E-state index is -4.83. The number of rotatable bonds is 3. The van der Waals surface area contributed by atoms with Crippen LogP contribution in [-0.2, 0) is 11.0 Å². The van der Waals surface area contributed by atoms with Gasteiger partial charge in [-0.25, -0.2) is 4.79 Å². The van der Waals surface area contributed by atoms with Crippen LogP contribution in [0.2, 0.25) is 0 Å². The highest BCUT2D eigenvalue weighted by Gasteiger charge is 2.36. The second-order valence-corrected chi connectivity index (χ2v) is 4.24. The Labute approximate surface area is 111 Å². The standard InChI is InChI=1S/C9H5BrF3NO5/c10-4-1-3(9(11,12)13)2-5(14(18)19)6(4)7(15)8(16)17/h1-2,7,15H,(H,16,17). The maximum Gasteiger partial charge on any atom is 0.416 e. The number of carboxylic acids is 1. The number of nitro groups is 1. The Morgan fingerprint density at radius 2 is 1.95 bits per heavy atom. The summed E-state index contributed by atoms with van der Waals surface area (Å²) in [5.41, 5.74) is -3.20. The lowest BCUT2D eigenvalue weighted by molar-refractivity contribution is -0.386. The fourth-order valence-electron chi connectivity index (χ4n) is 1.31. The molecule has 1 aromatic rings. The van der Waals surface area contributed by atoms with E-state index in [4.69, 9.17) is 5.11 Å². The predicted molar refractivity (Wildman–Crippen MR) is 58.4 cm³/mol. The van der Waals surface area contributed by atoms with E-state index in [1.165, 1.54) is 0 Å². The number of aliphatic hydroxyl groups excluding tert-OH is 1. The first-order valence-corrected chi connectivity index (χ1v) is 5.31. The molecule has 0 heterocycles. The molecule has 0 saturated carbocycles. The molecule has 1 atom stereocenters. The molecule has 0 aromatic heterocycles. The summed E-state index contributed by atoms with van der Waals surface area (Å²) in [4.78, 5) is 20.1. The van der Waals surface area contributed by atoms with Crippen LogP contribution in [0, 0.1) is 10.1 Å². The predicted octanol–water partition coefficient (Wildman–Crippen LogP) is 2.49. The zero-order valence-electron chi connectivity index (χ0n) is 8.81. The van der Waals surface area contributed by atoms with Crippen molar-refractivity contribution in [1.82, 2.24) is 0 Å². The smallest absolute Gasteiger partial charge is 0.416 e. The number of carbonyl (C=O) groups is 1. The van der Waals surface area contributed by atoms with Crippen LogP contribution in [-0.4, -0.2) is 21.1 Å². The van der Waals surface area contributed by atoms with E-state index in [-0.39, 0.29) is 6.07 Å². The van der Waals surface area contributed by atoms with Gasteiger partial charge in [0.15, 0.2) is 6.10 Å². The van der Waals surface area contributed by atoms with Gasteiger partial charge in [0.1, 0.15) is 0 Å². The number of aliphatic carboxylic acids is 1. The molecular weight excluding hydrogens is 339 g/mol. The summed E-state index contributed by atoms with van der Waals surface area (Å²) in [6.07, 6.45) is -7.14. The maximum atomic E-state index is 12.5. The second-order valence-electron chi connectivity index (χ2n) is 3.39. The van der Waals surface area contributed by atoms with E-state index in [0.29, 0.717) is 6.07 Å². The average molecular weight is 344 g/mol. The van der Waals surface area contributed by atoms with Crippen molar-refractivity contribution >= 4 is 27.6 Å². The molecule has 0 aliphatic carbocycles. The highest BCUT2D eigenvalue weighted by atomic mass is 79.9. The van der Waals surface area contributed by atoms with Gasteiger partial charge in [-0.15, -0.1) is 0 Å². The van der Waals surface area contributed by atoms with Crippen molar-refractivity contribution in [2.75, 3.05) is 0 Å². The van der Waals surface area contributed by atoms with Crippen molar-refractivity contribution in [2.45, 2.75) is 12.3 Å². The number of nitro benzene ring substituents is 1. The molecule has 19 heavy (non-hydrogen) atoms. The van der Waals surface area contributed by atoms with E-state index in [2.05, 4.69) is 15.9 Å². The van der Waals surface area contributed by atoms with Crippen molar-refractivity contribution < 1.29 is 33.1 Å². The summed E-state index contributed by atoms with van der Waals surface area (Å²) in [6, 6.07) is 0.640. The van der Waals surface area contributed by atoms with E-state index in [0.717, 1.165) is 0 Å². The number of nitrogens with zero attached hydrogens (tertiary/aromatic N) is 1. The number of halogens is 4. The van der Waals surface area contributed by atoms with Gasteiger partial charge in [0.25, 0.3) is 5.69 Å². The second kappa shape index (κ2) is 5.13. The lowest BCUT2D eigenvalue weighted by Crippen LogP contribution is -2.15. The van der Waals surface area contributed by atoms with Crippen molar-refractivity contribution in [1.29, 1.82) is 0 Å². The zero-order valence-corrected chi connectivity index (χ0v) is 10.4. The molecule has 10 heteroatoms. The van der Waals surface area contributed by atoms with E-state index >= 15 is 0 Å². The van der Waals surface area contributed by atoms with Crippen molar-refractivity contribution in [3.63, 3.8) is 0 Å². The monoisotopic (exact) mass is 343 g/mol. The van der Waals surface area contributed by atoms with Gasteiger partial charge in [-0.2, -0.15) is 13.2 Å². The van der Waals surface area contributed by atoms with Crippen LogP contribution in [0.1, 0.15) is 17.2 Å². The van der Waals surface area contributed by atoms with E-state index in [9.17, 15) is 33.2 Å². The number of carboxylic acid groups (broad SMARTS) is 1. The molecule has 0 fully saturated rings. The van der Waals surface area contributed by atoms with Gasteiger partial charge in [-0.3, -0.25) is 10.1 Å². The number of aliphatic hydroxyl groups is 1. The minimum Gasteiger partial charge on any atom is -0.479 e. The quantitative estimate of drug-likeness (QED) is 0.648. The third-order valence-corrected chi connectivity index (χ3v) is 2.80. The SMILES string of the molecule is O=C(O)C(O)c1c(Br)cc(C(F)(F)F)cc1[N+](=O)[O-]. The van der Waals surface area contributed by atoms with E-state index < -0.39 is 44.5 Å². The summed E-state index contributed by atoms with van der Waals surface area (Å²) in [6.45, 7) is 0. The molecule has 1 aromatic carbocycles. The Morgan fingerprint density at radius 3 is 2.32 bits per heavy atom. The molecule has 1 rings (SSSR count). The molecule has 1 unspecified atom stereocenters. The van der Waals surface area contributed by atoms with Crippen LogP contribution < -0.4 is 0 Å². The molecule has 0 amide bonds. The third-order valence-electron chi connectivity index (χ3n) is 2.14. The topological polar surface area (TPSA) is 101 Å². The molecule has 0 saturated heterocycles. The summed E-state index contributed by atoms with van der Waals surface area (Å²) >= 11 is 2.60. The number of hydrogen-bond donors (Lipinski definition) is 2. The van der Waals surface area contributed by atoms with Gasteiger partial charge >= 0.3 is 12.1 Å². The number of benzene rings is 1. The Morgan fingerprint density at radius 1 is 1.42 bits per heavy atom. The summed E-state index contributed by atoms with van der Waals surface area (Å²) < 4.78 is 36.9. The van der Waals surface area contributed by atoms with Crippen molar-refractivity contribution in [2.24, 2.45) is 0 Å². The van der Waals surface area contributed by atoms with Crippen LogP contribution in [0.5, 0.6) is 0 Å². The van der Waals surface area contributed by atoms with Crippen molar-refractivity contribution in [3.05, 3.63) is 37.8 Å². The molecule has 2 N–H and O–H groups in total. The Balaban J connectivity index is 3.57. The molecule has 6 nitrogen and oxygen atoms in total. The molecule has 0 aliphatic heterocycles. The van der Waals surface area contributed by atoms with Gasteiger partial charge in [-0.1, -0.05) is 15.9 Å². The molecule has 0 aliphatic rings. The first-order chi connectivity index (χ1) is 8.55. The highest BCUT2D eigenvalue weighted by molar-refractivity contribution is 9.10. The first kappa shape index (κ1) is 15.4. The van der Waals surface area contributed by atoms with Gasteiger partial charge in [0, 0.05) is 10.5 Å². The van der Waals surface area contributed by atoms with E-state index in [1.807, 2.05) is 0 Å². The van der Waals surface area contributed by atoms with Crippen LogP contribution in [0.3, 0.4) is 0 Å². The number of alkyl halides is 3. The molecule has 0 radical (unpaired) electrons. The molecule has 0 spiro atoms. The fourth-order valence-corrected chi connectivity index (χ4v) is 1.98. The normalized spacial score (nSPS) is 13.1. The minimum absolute atomic E-state index is 0.173. The zero-order chi connectivity index (χ0) is 15.0. The molecule has 104 valence electrons. The van der Waals surface area contributed by atoms with Gasteiger partial charge in [0.05, 0.1) is 16.1 Å². The summed E-state index contributed by atoms with van der Waals surface area (Å²) in [5.74, 6) is -1.82. The van der Waals surface area contributed by atoms with Gasteiger partial charge in [-0.05, 0) is 6.07 Å². The number of hydrogen-bond acceptors (Lipinski definition) is 4. The largest absolute Gasteiger partial charge is 0.479 e. The Bertz CT molecular complexity index is 545. The van der Waals surface area contributed by atoms with Gasteiger partial charge in [0.2, 0.25) is 0 Å². The lowest BCUT2D eigenvalue weighted by Gasteiger charge is -2.12. The van der Waals surface area contributed by atoms with Crippen LogP contribution in [0.25, 0.3) is 0 Å².